The first-order valence-corrected chi connectivity index (χ1v) is 8.69. The molecule has 1 atom stereocenters. The Morgan fingerprint density at radius 1 is 1.30 bits per heavy atom. The number of hydrogen-bond donors (Lipinski definition) is 2. The predicted molar refractivity (Wildman–Crippen MR) is 98.1 cm³/mol. The van der Waals surface area contributed by atoms with E-state index in [2.05, 4.69) is 10.6 Å². The fourth-order valence-electron chi connectivity index (χ4n) is 2.94. The van der Waals surface area contributed by atoms with Gasteiger partial charge in [-0.05, 0) is 36.6 Å². The number of carbonyl (C=O) groups excluding carboxylic acids is 1. The number of ether oxygens (including phenoxy) is 1. The molecule has 0 aromatic heterocycles. The molecule has 142 valence electrons. The van der Waals surface area contributed by atoms with Crippen LogP contribution in [0.25, 0.3) is 0 Å². The molecule has 3 rings (SSSR count). The zero-order valence-corrected chi connectivity index (χ0v) is 14.6. The highest BCUT2D eigenvalue weighted by atomic mass is 19.1. The van der Waals surface area contributed by atoms with Crippen LogP contribution >= 0.6 is 0 Å². The van der Waals surface area contributed by atoms with E-state index < -0.39 is 10.7 Å². The van der Waals surface area contributed by atoms with Crippen LogP contribution in [0.4, 0.5) is 15.8 Å². The Morgan fingerprint density at radius 3 is 2.89 bits per heavy atom. The van der Waals surface area contributed by atoms with Crippen LogP contribution in [-0.4, -0.2) is 30.1 Å². The molecule has 1 unspecified atom stereocenters. The van der Waals surface area contributed by atoms with Crippen LogP contribution in [0.2, 0.25) is 0 Å². The average Bonchev–Trinajstić information content (AvgIpc) is 3.18. The van der Waals surface area contributed by atoms with Crippen LogP contribution in [0.3, 0.4) is 0 Å². The molecule has 7 nitrogen and oxygen atoms in total. The predicted octanol–water partition coefficient (Wildman–Crippen LogP) is 3.25. The van der Waals surface area contributed by atoms with Crippen LogP contribution in [0.15, 0.2) is 42.5 Å². The zero-order chi connectivity index (χ0) is 19.2. The van der Waals surface area contributed by atoms with E-state index in [4.69, 9.17) is 4.74 Å². The van der Waals surface area contributed by atoms with Crippen LogP contribution in [0.1, 0.15) is 28.8 Å². The van der Waals surface area contributed by atoms with E-state index in [9.17, 15) is 19.3 Å². The van der Waals surface area contributed by atoms with Gasteiger partial charge < -0.3 is 15.4 Å². The highest BCUT2D eigenvalue weighted by molar-refractivity contribution is 5.94. The normalized spacial score (nSPS) is 16.1. The third-order valence-corrected chi connectivity index (χ3v) is 4.34. The summed E-state index contributed by atoms with van der Waals surface area (Å²) in [5.41, 5.74) is 1.12. The van der Waals surface area contributed by atoms with Crippen LogP contribution in [0.5, 0.6) is 0 Å². The molecular formula is C19H20FN3O4. The number of nitro groups is 1. The molecule has 1 aliphatic heterocycles. The van der Waals surface area contributed by atoms with Gasteiger partial charge in [0.25, 0.3) is 11.6 Å². The summed E-state index contributed by atoms with van der Waals surface area (Å²) in [6.07, 6.45) is 2.01. The van der Waals surface area contributed by atoms with Gasteiger partial charge in [0.05, 0.1) is 11.0 Å². The molecule has 1 heterocycles. The molecule has 1 aliphatic rings. The Hall–Kier alpha value is -3.00. The molecule has 2 N–H and O–H groups in total. The van der Waals surface area contributed by atoms with E-state index in [-0.39, 0.29) is 29.9 Å². The third-order valence-electron chi connectivity index (χ3n) is 4.34. The number of carbonyl (C=O) groups is 1. The van der Waals surface area contributed by atoms with Crippen molar-refractivity contribution in [1.82, 2.24) is 5.32 Å². The van der Waals surface area contributed by atoms with E-state index in [1.54, 1.807) is 24.3 Å². The lowest BCUT2D eigenvalue weighted by molar-refractivity contribution is -0.384. The summed E-state index contributed by atoms with van der Waals surface area (Å²) in [6.45, 7) is 1.42. The van der Waals surface area contributed by atoms with Gasteiger partial charge in [-0.25, -0.2) is 4.39 Å². The Kier molecular flexibility index (Phi) is 5.97. The fourth-order valence-corrected chi connectivity index (χ4v) is 2.94. The minimum atomic E-state index is -0.573. The molecule has 0 saturated carbocycles. The molecule has 27 heavy (non-hydrogen) atoms. The number of benzene rings is 2. The zero-order valence-electron chi connectivity index (χ0n) is 14.6. The molecule has 1 fully saturated rings. The molecule has 2 aromatic rings. The number of anilines is 1. The van der Waals surface area contributed by atoms with Crippen molar-refractivity contribution in [3.63, 3.8) is 0 Å². The van der Waals surface area contributed by atoms with Gasteiger partial charge in [-0.3, -0.25) is 14.9 Å². The lowest BCUT2D eigenvalue weighted by atomic mass is 10.1. The SMILES string of the molecule is O=C(NCC1CCCO1)c1cccc(CNc2cc(F)ccc2[N+](=O)[O-])c1. The fraction of sp³-hybridized carbons (Fsp3) is 0.316. The van der Waals surface area contributed by atoms with Crippen molar-refractivity contribution >= 4 is 17.3 Å². The second kappa shape index (κ2) is 8.59. The summed E-state index contributed by atoms with van der Waals surface area (Å²) in [7, 11) is 0. The second-order valence-corrected chi connectivity index (χ2v) is 6.32. The highest BCUT2D eigenvalue weighted by Gasteiger charge is 2.17. The van der Waals surface area contributed by atoms with Gasteiger partial charge in [-0.2, -0.15) is 0 Å². The smallest absolute Gasteiger partial charge is 0.292 e. The van der Waals surface area contributed by atoms with Gasteiger partial charge in [-0.1, -0.05) is 12.1 Å². The van der Waals surface area contributed by atoms with Gasteiger partial charge in [-0.15, -0.1) is 0 Å². The number of nitrogens with zero attached hydrogens (tertiary/aromatic N) is 1. The molecule has 1 saturated heterocycles. The van der Waals surface area contributed by atoms with E-state index in [1.807, 2.05) is 0 Å². The van der Waals surface area contributed by atoms with Gasteiger partial charge in [0, 0.05) is 37.4 Å². The summed E-state index contributed by atoms with van der Waals surface area (Å²) in [5.74, 6) is -0.769. The Morgan fingerprint density at radius 2 is 2.15 bits per heavy atom. The topological polar surface area (TPSA) is 93.5 Å². The van der Waals surface area contributed by atoms with Crippen molar-refractivity contribution in [2.75, 3.05) is 18.5 Å². The van der Waals surface area contributed by atoms with Crippen LogP contribution in [0, 0.1) is 15.9 Å². The van der Waals surface area contributed by atoms with Gasteiger partial charge in [0.15, 0.2) is 0 Å². The van der Waals surface area contributed by atoms with Gasteiger partial charge in [0.2, 0.25) is 0 Å². The van der Waals surface area contributed by atoms with Gasteiger partial charge in [0.1, 0.15) is 11.5 Å². The molecule has 0 aliphatic carbocycles. The van der Waals surface area contributed by atoms with Crippen LogP contribution < -0.4 is 10.6 Å². The monoisotopic (exact) mass is 373 g/mol. The van der Waals surface area contributed by atoms with Crippen molar-refractivity contribution in [2.45, 2.75) is 25.5 Å². The number of nitro benzene ring substituents is 1. The maximum Gasteiger partial charge on any atom is 0.292 e. The first kappa shape index (κ1) is 18.8. The Bertz CT molecular complexity index is 837. The minimum Gasteiger partial charge on any atom is -0.376 e. The number of amides is 1. The summed E-state index contributed by atoms with van der Waals surface area (Å²) < 4.78 is 18.9. The first-order chi connectivity index (χ1) is 13.0. The van der Waals surface area contributed by atoms with Crippen molar-refractivity contribution in [2.24, 2.45) is 0 Å². The largest absolute Gasteiger partial charge is 0.376 e. The first-order valence-electron chi connectivity index (χ1n) is 8.69. The standard InChI is InChI=1S/C19H20FN3O4/c20-15-6-7-18(23(25)26)17(10-15)21-11-13-3-1-4-14(9-13)19(24)22-12-16-5-2-8-27-16/h1,3-4,6-7,9-10,16,21H,2,5,8,11-12H2,(H,22,24). The summed E-state index contributed by atoms with van der Waals surface area (Å²) >= 11 is 0. The molecule has 0 spiro atoms. The van der Waals surface area contributed by atoms with Crippen molar-refractivity contribution in [1.29, 1.82) is 0 Å². The van der Waals surface area contributed by atoms with Gasteiger partial charge >= 0.3 is 0 Å². The minimum absolute atomic E-state index is 0.0623. The van der Waals surface area contributed by atoms with Crippen molar-refractivity contribution in [3.8, 4) is 0 Å². The van der Waals surface area contributed by atoms with E-state index in [0.29, 0.717) is 12.1 Å². The molecule has 2 aromatic carbocycles. The second-order valence-electron chi connectivity index (χ2n) is 6.32. The summed E-state index contributed by atoms with van der Waals surface area (Å²) in [6, 6.07) is 10.2. The number of hydrogen-bond acceptors (Lipinski definition) is 5. The number of rotatable bonds is 7. The summed E-state index contributed by atoms with van der Waals surface area (Å²) in [4.78, 5) is 22.8. The van der Waals surface area contributed by atoms with Crippen molar-refractivity contribution in [3.05, 3.63) is 69.5 Å². The Labute approximate surface area is 155 Å². The third kappa shape index (κ3) is 5.01. The molecule has 8 heteroatoms. The quantitative estimate of drug-likeness (QED) is 0.574. The molecular weight excluding hydrogens is 353 g/mol. The van der Waals surface area contributed by atoms with E-state index in [1.165, 1.54) is 0 Å². The molecule has 0 bridgehead atoms. The average molecular weight is 373 g/mol. The molecule has 1 amide bonds. The lowest BCUT2D eigenvalue weighted by Gasteiger charge is -2.12. The van der Waals surface area contributed by atoms with Crippen LogP contribution in [-0.2, 0) is 11.3 Å². The molecule has 0 radical (unpaired) electrons. The maximum absolute atomic E-state index is 13.4. The van der Waals surface area contributed by atoms with E-state index in [0.717, 1.165) is 43.2 Å². The van der Waals surface area contributed by atoms with E-state index >= 15 is 0 Å². The lowest BCUT2D eigenvalue weighted by Crippen LogP contribution is -2.31. The Balaban J connectivity index is 1.63. The number of nitrogens with one attached hydrogen (secondary N) is 2. The van der Waals surface area contributed by atoms with Crippen molar-refractivity contribution < 1.29 is 18.8 Å². The highest BCUT2D eigenvalue weighted by Crippen LogP contribution is 2.25. The summed E-state index contributed by atoms with van der Waals surface area (Å²) in [5, 5.41) is 16.8. The number of halogens is 1. The maximum atomic E-state index is 13.4.